The predicted octanol–water partition coefficient (Wildman–Crippen LogP) is 2.54. The molecule has 0 amide bonds. The minimum absolute atomic E-state index is 0.0314. The smallest absolute Gasteiger partial charge is 0.326 e. The van der Waals surface area contributed by atoms with Gasteiger partial charge in [-0.05, 0) is 30.7 Å². The van der Waals surface area contributed by atoms with E-state index in [4.69, 9.17) is 9.47 Å². The fourth-order valence-corrected chi connectivity index (χ4v) is 4.35. The van der Waals surface area contributed by atoms with Crippen LogP contribution in [0, 0.1) is 18.6 Å². The average Bonchev–Trinajstić information content (AvgIpc) is 2.69. The number of H-pyrrole nitrogens is 2. The number of aromatic amines is 2. The summed E-state index contributed by atoms with van der Waals surface area (Å²) in [4.78, 5) is 29.4. The van der Waals surface area contributed by atoms with Gasteiger partial charge in [0.2, 0.25) is 0 Å². The van der Waals surface area contributed by atoms with Gasteiger partial charge in [-0.15, -0.1) is 11.8 Å². The summed E-state index contributed by atoms with van der Waals surface area (Å²) in [6.07, 6.45) is -0.606. The van der Waals surface area contributed by atoms with Gasteiger partial charge in [-0.2, -0.15) is 0 Å². The van der Waals surface area contributed by atoms with Crippen molar-refractivity contribution in [3.05, 3.63) is 62.3 Å². The maximum absolute atomic E-state index is 14.6. The van der Waals surface area contributed by atoms with Gasteiger partial charge in [-0.1, -0.05) is 0 Å². The summed E-state index contributed by atoms with van der Waals surface area (Å²) in [5, 5.41) is 9.76. The van der Waals surface area contributed by atoms with Crippen molar-refractivity contribution in [3.8, 4) is 11.1 Å². The average molecular weight is 438 g/mol. The van der Waals surface area contributed by atoms with Crippen LogP contribution < -0.4 is 11.2 Å². The molecule has 0 aliphatic carbocycles. The van der Waals surface area contributed by atoms with E-state index < -0.39 is 29.0 Å². The summed E-state index contributed by atoms with van der Waals surface area (Å²) >= 11 is 1.18. The normalized spacial score (nSPS) is 12.4. The number of halogens is 2. The first-order valence-electron chi connectivity index (χ1n) is 8.95. The number of fused-ring (bicyclic) bond motifs is 1. The van der Waals surface area contributed by atoms with Crippen LogP contribution in [-0.4, -0.2) is 47.4 Å². The van der Waals surface area contributed by atoms with Crippen LogP contribution in [0.4, 0.5) is 8.78 Å². The van der Waals surface area contributed by atoms with E-state index in [1.54, 1.807) is 6.92 Å². The second-order valence-corrected chi connectivity index (χ2v) is 7.57. The molecule has 0 aliphatic rings. The molecule has 0 unspecified atom stereocenters. The van der Waals surface area contributed by atoms with Gasteiger partial charge in [0.15, 0.2) is 0 Å². The molecular weight excluding hydrogens is 418 g/mol. The highest BCUT2D eigenvalue weighted by Gasteiger charge is 2.21. The number of aryl methyl sites for hydroxylation is 1. The monoisotopic (exact) mass is 438 g/mol. The van der Waals surface area contributed by atoms with Gasteiger partial charge >= 0.3 is 5.69 Å². The largest absolute Gasteiger partial charge is 0.394 e. The molecule has 1 aromatic heterocycles. The van der Waals surface area contributed by atoms with Gasteiger partial charge in [0.25, 0.3) is 5.56 Å². The summed E-state index contributed by atoms with van der Waals surface area (Å²) in [7, 11) is 1.45. The number of aromatic nitrogens is 2. The second-order valence-electron chi connectivity index (χ2n) is 6.54. The third-order valence-corrected chi connectivity index (χ3v) is 5.66. The number of benzene rings is 2. The van der Waals surface area contributed by atoms with Crippen LogP contribution in [0.25, 0.3) is 22.0 Å². The van der Waals surface area contributed by atoms with Crippen molar-refractivity contribution in [2.45, 2.75) is 17.9 Å². The Labute approximate surface area is 174 Å². The fourth-order valence-electron chi connectivity index (χ4n) is 3.07. The maximum Gasteiger partial charge on any atom is 0.326 e. The Morgan fingerprint density at radius 1 is 1.20 bits per heavy atom. The molecule has 0 saturated carbocycles. The highest BCUT2D eigenvalue weighted by atomic mass is 32.2. The molecule has 0 aliphatic heterocycles. The van der Waals surface area contributed by atoms with Crippen LogP contribution >= 0.6 is 11.8 Å². The molecule has 0 spiro atoms. The van der Waals surface area contributed by atoms with Gasteiger partial charge in [-0.3, -0.25) is 9.78 Å². The Kier molecular flexibility index (Phi) is 7.03. The molecular formula is C20H20F2N2O5S. The Hall–Kier alpha value is -2.53. The van der Waals surface area contributed by atoms with Crippen molar-refractivity contribution in [2.24, 2.45) is 0 Å². The number of aliphatic hydroxyl groups is 1. The van der Waals surface area contributed by atoms with Crippen LogP contribution in [-0.2, 0) is 9.47 Å². The van der Waals surface area contributed by atoms with Crippen LogP contribution in [0.5, 0.6) is 0 Å². The van der Waals surface area contributed by atoms with Gasteiger partial charge in [0.1, 0.15) is 18.4 Å². The zero-order valence-corrected chi connectivity index (χ0v) is 17.1. The van der Waals surface area contributed by atoms with Gasteiger partial charge in [0.05, 0.1) is 23.6 Å². The van der Waals surface area contributed by atoms with Crippen molar-refractivity contribution in [1.29, 1.82) is 0 Å². The summed E-state index contributed by atoms with van der Waals surface area (Å²) in [5.41, 5.74) is 0.0256. The Morgan fingerprint density at radius 3 is 2.63 bits per heavy atom. The molecule has 0 bridgehead atoms. The quantitative estimate of drug-likeness (QED) is 0.369. The minimum Gasteiger partial charge on any atom is -0.394 e. The molecule has 3 aromatic rings. The fraction of sp³-hybridized carbons (Fsp3) is 0.300. The zero-order valence-electron chi connectivity index (χ0n) is 16.3. The van der Waals surface area contributed by atoms with E-state index in [2.05, 4.69) is 9.97 Å². The number of nitrogens with one attached hydrogen (secondary N) is 2. The number of hydrogen-bond acceptors (Lipinski definition) is 6. The number of aliphatic hydroxyl groups excluding tert-OH is 1. The molecule has 160 valence electrons. The first-order chi connectivity index (χ1) is 14.3. The first kappa shape index (κ1) is 22.2. The van der Waals surface area contributed by atoms with Crippen molar-refractivity contribution in [1.82, 2.24) is 9.97 Å². The molecule has 0 radical (unpaired) electrons. The van der Waals surface area contributed by atoms with Gasteiger partial charge in [-0.25, -0.2) is 13.6 Å². The Morgan fingerprint density at radius 2 is 1.97 bits per heavy atom. The van der Waals surface area contributed by atoms with E-state index in [1.165, 1.54) is 31.0 Å². The van der Waals surface area contributed by atoms with Gasteiger partial charge < -0.3 is 19.6 Å². The standard InChI is InChI=1S/C20H20F2N2O5S/c1-10-5-14-17(23-20(27)24-19(14)26)18(30-8-12(7-25)29-9-28-2)16(10)13-4-3-11(21)6-15(13)22/h3-6,12,25H,7-9H2,1-2H3,(H2,23,24,26,27)/t12-/m0/s1. The van der Waals surface area contributed by atoms with E-state index in [-0.39, 0.29) is 35.6 Å². The molecule has 1 heterocycles. The number of rotatable bonds is 8. The molecule has 2 aromatic carbocycles. The molecule has 30 heavy (non-hydrogen) atoms. The Bertz CT molecular complexity index is 1180. The highest BCUT2D eigenvalue weighted by molar-refractivity contribution is 7.99. The lowest BCUT2D eigenvalue weighted by molar-refractivity contribution is -0.0780. The van der Waals surface area contributed by atoms with Crippen molar-refractivity contribution < 1.29 is 23.4 Å². The van der Waals surface area contributed by atoms with Gasteiger partial charge in [0, 0.05) is 35.0 Å². The SMILES string of the molecule is COCO[C@@H](CO)CSc1c(-c2ccc(F)cc2F)c(C)cc2c(=O)[nH]c(=O)[nH]c12. The van der Waals surface area contributed by atoms with Crippen LogP contribution in [0.15, 0.2) is 38.8 Å². The van der Waals surface area contributed by atoms with Crippen LogP contribution in [0.3, 0.4) is 0 Å². The third-order valence-electron chi connectivity index (χ3n) is 4.43. The van der Waals surface area contributed by atoms with Crippen LogP contribution in [0.2, 0.25) is 0 Å². The molecule has 7 nitrogen and oxygen atoms in total. The first-order valence-corrected chi connectivity index (χ1v) is 9.93. The summed E-state index contributed by atoms with van der Waals surface area (Å²) in [6.45, 7) is 1.37. The predicted molar refractivity (Wildman–Crippen MR) is 110 cm³/mol. The van der Waals surface area contributed by atoms with Crippen LogP contribution in [0.1, 0.15) is 5.56 Å². The molecule has 1 atom stereocenters. The maximum atomic E-state index is 14.6. The Balaban J connectivity index is 2.21. The van der Waals surface area contributed by atoms with E-state index in [0.29, 0.717) is 16.0 Å². The van der Waals surface area contributed by atoms with Crippen molar-refractivity contribution in [2.75, 3.05) is 26.3 Å². The number of ether oxygens (including phenoxy) is 2. The molecule has 0 fully saturated rings. The summed E-state index contributed by atoms with van der Waals surface area (Å²) < 4.78 is 38.3. The molecule has 3 rings (SSSR count). The zero-order chi connectivity index (χ0) is 21.8. The van der Waals surface area contributed by atoms with E-state index >= 15 is 0 Å². The summed E-state index contributed by atoms with van der Waals surface area (Å²) in [5.74, 6) is -1.27. The lowest BCUT2D eigenvalue weighted by atomic mass is 9.98. The van der Waals surface area contributed by atoms with Crippen molar-refractivity contribution >= 4 is 22.7 Å². The lowest BCUT2D eigenvalue weighted by Gasteiger charge is -2.19. The lowest BCUT2D eigenvalue weighted by Crippen LogP contribution is -2.23. The highest BCUT2D eigenvalue weighted by Crippen LogP contribution is 2.39. The minimum atomic E-state index is -0.777. The van der Waals surface area contributed by atoms with Crippen molar-refractivity contribution in [3.63, 3.8) is 0 Å². The molecule has 3 N–H and O–H groups in total. The van der Waals surface area contributed by atoms with E-state index in [9.17, 15) is 23.5 Å². The van der Waals surface area contributed by atoms with E-state index in [0.717, 1.165) is 12.1 Å². The molecule has 10 heteroatoms. The topological polar surface area (TPSA) is 104 Å². The van der Waals surface area contributed by atoms with E-state index in [1.807, 2.05) is 0 Å². The second kappa shape index (κ2) is 9.52. The number of thioether (sulfide) groups is 1. The third kappa shape index (κ3) is 4.62. The number of hydrogen-bond donors (Lipinski definition) is 3. The molecule has 0 saturated heterocycles. The number of methoxy groups -OCH3 is 1. The summed E-state index contributed by atoms with van der Waals surface area (Å²) in [6, 6.07) is 4.75.